The van der Waals surface area contributed by atoms with Gasteiger partial charge < -0.3 is 15.7 Å². The number of carbonyl (C=O) groups excluding carboxylic acids is 2. The predicted octanol–water partition coefficient (Wildman–Crippen LogP) is 1.86. The Morgan fingerprint density at radius 1 is 1.17 bits per heavy atom. The molecular weight excluding hydrogens is 299 g/mol. The van der Waals surface area contributed by atoms with Gasteiger partial charge in [0.25, 0.3) is 5.91 Å². The van der Waals surface area contributed by atoms with Crippen molar-refractivity contribution in [3.8, 4) is 0 Å². The van der Waals surface area contributed by atoms with Crippen LogP contribution in [-0.4, -0.2) is 36.1 Å². The molecular formula is C17H25FN2O3. The molecule has 1 rings (SSSR count). The molecule has 0 spiro atoms. The van der Waals surface area contributed by atoms with E-state index in [1.807, 2.05) is 20.8 Å². The van der Waals surface area contributed by atoms with Crippen LogP contribution in [-0.2, 0) is 4.79 Å². The van der Waals surface area contributed by atoms with E-state index in [1.165, 1.54) is 24.3 Å². The quantitative estimate of drug-likeness (QED) is 0.670. The highest BCUT2D eigenvalue weighted by Crippen LogP contribution is 2.18. The number of aliphatic hydroxyl groups excluding tert-OH is 1. The summed E-state index contributed by atoms with van der Waals surface area (Å²) in [7, 11) is 0. The van der Waals surface area contributed by atoms with Gasteiger partial charge in [-0.3, -0.25) is 9.59 Å². The minimum Gasteiger partial charge on any atom is -0.391 e. The van der Waals surface area contributed by atoms with E-state index in [2.05, 4.69) is 10.6 Å². The molecule has 3 N–H and O–H groups in total. The number of halogens is 1. The monoisotopic (exact) mass is 324 g/mol. The van der Waals surface area contributed by atoms with E-state index in [4.69, 9.17) is 0 Å². The fourth-order valence-electron chi connectivity index (χ4n) is 1.76. The lowest BCUT2D eigenvalue weighted by Gasteiger charge is -2.25. The van der Waals surface area contributed by atoms with Crippen LogP contribution in [0.1, 0.15) is 44.0 Å². The fraction of sp³-hybridized carbons (Fsp3) is 0.529. The van der Waals surface area contributed by atoms with Crippen LogP contribution < -0.4 is 10.6 Å². The second kappa shape index (κ2) is 8.62. The van der Waals surface area contributed by atoms with E-state index >= 15 is 0 Å². The Bertz CT molecular complexity index is 524. The zero-order valence-corrected chi connectivity index (χ0v) is 13.9. The van der Waals surface area contributed by atoms with Crippen LogP contribution in [0, 0.1) is 11.2 Å². The Balaban J connectivity index is 2.20. The number of rotatable bonds is 7. The molecule has 1 aromatic rings. The molecule has 0 heterocycles. The van der Waals surface area contributed by atoms with Crippen LogP contribution in [0.2, 0.25) is 0 Å². The van der Waals surface area contributed by atoms with E-state index in [0.717, 1.165) is 0 Å². The van der Waals surface area contributed by atoms with Gasteiger partial charge in [-0.15, -0.1) is 0 Å². The molecule has 1 unspecified atom stereocenters. The first kappa shape index (κ1) is 19.1. The normalized spacial score (nSPS) is 12.6. The zero-order valence-electron chi connectivity index (χ0n) is 13.9. The number of nitrogens with one attached hydrogen (secondary N) is 2. The molecule has 6 heteroatoms. The molecule has 0 saturated heterocycles. The predicted molar refractivity (Wildman–Crippen MR) is 86.4 cm³/mol. The Morgan fingerprint density at radius 2 is 1.78 bits per heavy atom. The highest BCUT2D eigenvalue weighted by atomic mass is 19.1. The maximum absolute atomic E-state index is 12.8. The second-order valence-corrected chi connectivity index (χ2v) is 6.55. The third-order valence-electron chi connectivity index (χ3n) is 3.46. The number of hydrogen-bond acceptors (Lipinski definition) is 3. The van der Waals surface area contributed by atoms with Gasteiger partial charge in [0.05, 0.1) is 6.10 Å². The van der Waals surface area contributed by atoms with Crippen molar-refractivity contribution in [3.63, 3.8) is 0 Å². The van der Waals surface area contributed by atoms with Gasteiger partial charge in [0.1, 0.15) is 5.82 Å². The Kier molecular flexibility index (Phi) is 7.16. The van der Waals surface area contributed by atoms with Crippen molar-refractivity contribution in [1.29, 1.82) is 0 Å². The van der Waals surface area contributed by atoms with Crippen molar-refractivity contribution >= 4 is 11.8 Å². The number of hydrogen-bond donors (Lipinski definition) is 3. The van der Waals surface area contributed by atoms with Crippen LogP contribution in [0.25, 0.3) is 0 Å². The summed E-state index contributed by atoms with van der Waals surface area (Å²) in [4.78, 5) is 23.4. The third kappa shape index (κ3) is 7.23. The SMILES string of the molecule is CC(C)(C)C(O)CNC(=O)CCCNC(=O)c1ccc(F)cc1. The van der Waals surface area contributed by atoms with Gasteiger partial charge in [-0.1, -0.05) is 20.8 Å². The van der Waals surface area contributed by atoms with Crippen molar-refractivity contribution in [3.05, 3.63) is 35.6 Å². The summed E-state index contributed by atoms with van der Waals surface area (Å²) in [6.45, 7) is 6.26. The minimum atomic E-state index is -0.607. The average molecular weight is 324 g/mol. The van der Waals surface area contributed by atoms with E-state index in [1.54, 1.807) is 0 Å². The molecule has 0 fully saturated rings. The summed E-state index contributed by atoms with van der Waals surface area (Å²) in [5.74, 6) is -0.853. The number of carbonyl (C=O) groups is 2. The third-order valence-corrected chi connectivity index (χ3v) is 3.46. The molecule has 5 nitrogen and oxygen atoms in total. The van der Waals surface area contributed by atoms with Crippen LogP contribution in [0.5, 0.6) is 0 Å². The molecule has 0 aliphatic heterocycles. The lowest BCUT2D eigenvalue weighted by atomic mass is 9.89. The molecule has 1 atom stereocenters. The van der Waals surface area contributed by atoms with Crippen molar-refractivity contribution in [1.82, 2.24) is 10.6 Å². The number of aliphatic hydroxyl groups is 1. The Hall–Kier alpha value is -1.95. The number of benzene rings is 1. The van der Waals surface area contributed by atoms with Crippen LogP contribution in [0.4, 0.5) is 4.39 Å². The standard InChI is InChI=1S/C17H25FN2O3/c1-17(2,3)14(21)11-20-15(22)5-4-10-19-16(23)12-6-8-13(18)9-7-12/h6-9,14,21H,4-5,10-11H2,1-3H3,(H,19,23)(H,20,22). The van der Waals surface area contributed by atoms with Gasteiger partial charge in [-0.05, 0) is 36.1 Å². The van der Waals surface area contributed by atoms with Gasteiger partial charge in [-0.2, -0.15) is 0 Å². The van der Waals surface area contributed by atoms with Crippen LogP contribution >= 0.6 is 0 Å². The van der Waals surface area contributed by atoms with Crippen molar-refractivity contribution in [2.75, 3.05) is 13.1 Å². The summed E-state index contributed by atoms with van der Waals surface area (Å²) in [5, 5.41) is 15.2. The summed E-state index contributed by atoms with van der Waals surface area (Å²) >= 11 is 0. The molecule has 0 aliphatic rings. The highest BCUT2D eigenvalue weighted by molar-refractivity contribution is 5.94. The first-order valence-corrected chi connectivity index (χ1v) is 7.68. The van der Waals surface area contributed by atoms with E-state index < -0.39 is 11.9 Å². The summed E-state index contributed by atoms with van der Waals surface area (Å²) in [6.07, 6.45) is 0.148. The van der Waals surface area contributed by atoms with Gasteiger partial charge in [0.15, 0.2) is 0 Å². The summed E-state index contributed by atoms with van der Waals surface area (Å²) in [6, 6.07) is 5.27. The maximum Gasteiger partial charge on any atom is 0.251 e. The van der Waals surface area contributed by atoms with Crippen molar-refractivity contribution in [2.45, 2.75) is 39.7 Å². The van der Waals surface area contributed by atoms with E-state index in [0.29, 0.717) is 18.5 Å². The zero-order chi connectivity index (χ0) is 17.5. The topological polar surface area (TPSA) is 78.4 Å². The fourth-order valence-corrected chi connectivity index (χ4v) is 1.76. The van der Waals surface area contributed by atoms with Gasteiger partial charge in [0.2, 0.25) is 5.91 Å². The average Bonchev–Trinajstić information content (AvgIpc) is 2.48. The van der Waals surface area contributed by atoms with Crippen LogP contribution in [0.3, 0.4) is 0 Å². The molecule has 0 bridgehead atoms. The molecule has 0 saturated carbocycles. The summed E-state index contributed by atoms with van der Waals surface area (Å²) < 4.78 is 12.8. The molecule has 2 amide bonds. The van der Waals surface area contributed by atoms with E-state index in [9.17, 15) is 19.1 Å². The molecule has 23 heavy (non-hydrogen) atoms. The van der Waals surface area contributed by atoms with Gasteiger partial charge in [-0.25, -0.2) is 4.39 Å². The molecule has 0 aliphatic carbocycles. The largest absolute Gasteiger partial charge is 0.391 e. The van der Waals surface area contributed by atoms with Crippen LogP contribution in [0.15, 0.2) is 24.3 Å². The minimum absolute atomic E-state index is 0.163. The molecule has 0 radical (unpaired) electrons. The lowest BCUT2D eigenvalue weighted by Crippen LogP contribution is -2.39. The molecule has 1 aromatic carbocycles. The Labute approximate surface area is 136 Å². The van der Waals surface area contributed by atoms with Crippen molar-refractivity contribution in [2.24, 2.45) is 5.41 Å². The smallest absolute Gasteiger partial charge is 0.251 e. The van der Waals surface area contributed by atoms with Gasteiger partial charge in [0, 0.05) is 25.1 Å². The number of amides is 2. The maximum atomic E-state index is 12.8. The lowest BCUT2D eigenvalue weighted by molar-refractivity contribution is -0.122. The molecule has 0 aromatic heterocycles. The van der Waals surface area contributed by atoms with E-state index in [-0.39, 0.29) is 30.2 Å². The summed E-state index contributed by atoms with van der Waals surface area (Å²) in [5.41, 5.74) is 0.0975. The molecule has 128 valence electrons. The second-order valence-electron chi connectivity index (χ2n) is 6.55. The van der Waals surface area contributed by atoms with Crippen molar-refractivity contribution < 1.29 is 19.1 Å². The first-order valence-electron chi connectivity index (χ1n) is 7.68. The van der Waals surface area contributed by atoms with Gasteiger partial charge >= 0.3 is 0 Å². The Morgan fingerprint density at radius 3 is 2.35 bits per heavy atom. The first-order chi connectivity index (χ1) is 10.7. The highest BCUT2D eigenvalue weighted by Gasteiger charge is 2.22.